The number of likely N-dealkylation sites (tertiary alicyclic amines) is 1. The molecule has 1 aliphatic heterocycles. The molecule has 1 fully saturated rings. The van der Waals surface area contributed by atoms with Gasteiger partial charge in [0, 0.05) is 29.6 Å². The van der Waals surface area contributed by atoms with Crippen molar-refractivity contribution in [1.29, 1.82) is 0 Å². The Balaban J connectivity index is 1.73. The van der Waals surface area contributed by atoms with Gasteiger partial charge in [0.05, 0.1) is 21.5 Å². The van der Waals surface area contributed by atoms with E-state index in [0.717, 1.165) is 45.2 Å². The van der Waals surface area contributed by atoms with E-state index in [1.165, 1.54) is 24.3 Å². The first-order valence-electron chi connectivity index (χ1n) is 17.1. The molecule has 0 bridgehead atoms. The second-order valence-corrected chi connectivity index (χ2v) is 13.7. The van der Waals surface area contributed by atoms with E-state index in [9.17, 15) is 5.11 Å². The molecule has 0 aliphatic carbocycles. The summed E-state index contributed by atoms with van der Waals surface area (Å²) in [5.74, 6) is 1.69. The molecular formula is C39H46ClF2N5O2. The number of phenolic OH excluding ortho intramolecular Hbond substituents is 1. The van der Waals surface area contributed by atoms with Gasteiger partial charge < -0.3 is 20.5 Å². The second kappa shape index (κ2) is 15.3. The van der Waals surface area contributed by atoms with E-state index >= 15 is 8.78 Å². The zero-order valence-corrected chi connectivity index (χ0v) is 29.8. The van der Waals surface area contributed by atoms with Crippen molar-refractivity contribution in [3.05, 3.63) is 58.6 Å². The van der Waals surface area contributed by atoms with Gasteiger partial charge >= 0.3 is 6.01 Å². The largest absolute Gasteiger partial charge is 0.508 e. The number of aromatic hydroxyl groups is 1. The fraction of sp³-hybridized carbons (Fsp3) is 0.436. The first kappa shape index (κ1) is 36.3. The summed E-state index contributed by atoms with van der Waals surface area (Å²) in [4.78, 5) is 11.8. The highest BCUT2D eigenvalue weighted by atomic mass is 35.5. The molecule has 2 unspecified atom stereocenters. The van der Waals surface area contributed by atoms with Crippen molar-refractivity contribution in [2.75, 3.05) is 45.2 Å². The molecule has 2 heterocycles. The van der Waals surface area contributed by atoms with Gasteiger partial charge in [0.15, 0.2) is 5.82 Å². The van der Waals surface area contributed by atoms with Crippen molar-refractivity contribution in [3.8, 4) is 35.2 Å². The number of phenols is 1. The summed E-state index contributed by atoms with van der Waals surface area (Å²) in [6.07, 6.45) is 10.8. The normalized spacial score (nSPS) is 17.0. The first-order chi connectivity index (χ1) is 23.5. The monoisotopic (exact) mass is 689 g/mol. The Morgan fingerprint density at radius 3 is 2.65 bits per heavy atom. The highest BCUT2D eigenvalue weighted by Gasteiger charge is 2.39. The number of terminal acetylenes is 1. The van der Waals surface area contributed by atoms with Crippen molar-refractivity contribution in [2.45, 2.75) is 65.3 Å². The molecule has 1 saturated heterocycles. The van der Waals surface area contributed by atoms with Crippen LogP contribution in [0.3, 0.4) is 0 Å². The number of benzene rings is 3. The number of fused-ring (bicyclic) bond motifs is 2. The van der Waals surface area contributed by atoms with Crippen LogP contribution in [0.25, 0.3) is 38.4 Å². The highest BCUT2D eigenvalue weighted by Crippen LogP contribution is 2.47. The van der Waals surface area contributed by atoms with E-state index in [2.05, 4.69) is 60.8 Å². The summed E-state index contributed by atoms with van der Waals surface area (Å²) in [6.45, 7) is 15.7. The minimum absolute atomic E-state index is 0.0151. The number of nitrogens with one attached hydrogen (secondary N) is 2. The average molecular weight is 690 g/mol. The molecule has 5 rings (SSSR count). The van der Waals surface area contributed by atoms with E-state index in [-0.39, 0.29) is 49.9 Å². The molecule has 7 nitrogen and oxygen atoms in total. The second-order valence-electron chi connectivity index (χ2n) is 13.3. The number of halogens is 3. The predicted molar refractivity (Wildman–Crippen MR) is 198 cm³/mol. The Kier molecular flexibility index (Phi) is 11.3. The summed E-state index contributed by atoms with van der Waals surface area (Å²) >= 11 is 7.11. The Hall–Kier alpha value is -3.97. The third-order valence-electron chi connectivity index (χ3n) is 9.81. The van der Waals surface area contributed by atoms with Gasteiger partial charge in [0.1, 0.15) is 29.5 Å². The van der Waals surface area contributed by atoms with Gasteiger partial charge in [-0.2, -0.15) is 9.97 Å². The van der Waals surface area contributed by atoms with Gasteiger partial charge in [-0.1, -0.05) is 63.8 Å². The topological polar surface area (TPSA) is 82.5 Å². The zero-order valence-electron chi connectivity index (χ0n) is 29.1. The van der Waals surface area contributed by atoms with Crippen molar-refractivity contribution in [1.82, 2.24) is 20.2 Å². The Labute approximate surface area is 293 Å². The van der Waals surface area contributed by atoms with Gasteiger partial charge in [0.2, 0.25) is 0 Å². The van der Waals surface area contributed by atoms with Crippen LogP contribution in [0.1, 0.15) is 70.9 Å². The SMILES string of the molecule is C#Cc1c(F)ccc2cc(O)cc(-c3c(Cl)c(C(=C)C)c4c(NCCNCC(C)CC)nc(OCC5(CCC)CCCN5C)nc4c3F)c12. The maximum Gasteiger partial charge on any atom is 0.319 e. The molecule has 49 heavy (non-hydrogen) atoms. The standard InChI is InChI=1S/C39H46ClF2N5O2/c1-8-14-39(15-11-18-47(39)7)22-49-38-45-36-33(37(46-38)44-17-16-43-21-24(6)9-2)30(23(4)5)34(40)32(35(36)42)28-20-26(48)19-25-12-13-29(41)27(10-3)31(25)28/h3,12-13,19-20,24,43,48H,4,8-9,11,14-18,21-22H2,1-2,5-7H3,(H,44,45,46). The molecule has 0 spiro atoms. The van der Waals surface area contributed by atoms with Gasteiger partial charge in [-0.25, -0.2) is 8.78 Å². The van der Waals surface area contributed by atoms with E-state index in [4.69, 9.17) is 27.7 Å². The summed E-state index contributed by atoms with van der Waals surface area (Å²) < 4.78 is 38.7. The summed E-state index contributed by atoms with van der Waals surface area (Å²) in [6, 6.07) is 5.51. The van der Waals surface area contributed by atoms with E-state index in [0.29, 0.717) is 53.3 Å². The molecule has 0 saturated carbocycles. The molecular weight excluding hydrogens is 644 g/mol. The number of nitrogens with zero attached hydrogens (tertiary/aromatic N) is 3. The predicted octanol–water partition coefficient (Wildman–Crippen LogP) is 8.79. The van der Waals surface area contributed by atoms with E-state index in [1.807, 2.05) is 0 Å². The quantitative estimate of drug-likeness (QED) is 0.0902. The Morgan fingerprint density at radius 2 is 2.00 bits per heavy atom. The van der Waals surface area contributed by atoms with Crippen LogP contribution in [0.5, 0.6) is 11.8 Å². The number of allylic oxidation sites excluding steroid dienone is 1. The zero-order chi connectivity index (χ0) is 35.5. The molecule has 260 valence electrons. The molecule has 10 heteroatoms. The lowest BCUT2D eigenvalue weighted by molar-refractivity contribution is 0.0828. The molecule has 0 amide bonds. The van der Waals surface area contributed by atoms with Crippen LogP contribution in [0.4, 0.5) is 14.6 Å². The summed E-state index contributed by atoms with van der Waals surface area (Å²) in [7, 11) is 2.10. The van der Waals surface area contributed by atoms with E-state index in [1.54, 1.807) is 6.92 Å². The Morgan fingerprint density at radius 1 is 1.22 bits per heavy atom. The van der Waals surface area contributed by atoms with Crippen molar-refractivity contribution in [3.63, 3.8) is 0 Å². The molecule has 3 aromatic carbocycles. The first-order valence-corrected chi connectivity index (χ1v) is 17.4. The van der Waals surface area contributed by atoms with Crippen LogP contribution in [0.15, 0.2) is 30.8 Å². The van der Waals surface area contributed by atoms with Crippen molar-refractivity contribution < 1.29 is 18.6 Å². The van der Waals surface area contributed by atoms with Crippen molar-refractivity contribution >= 4 is 44.7 Å². The van der Waals surface area contributed by atoms with Crippen LogP contribution >= 0.6 is 11.6 Å². The number of hydrogen-bond acceptors (Lipinski definition) is 7. The minimum Gasteiger partial charge on any atom is -0.508 e. The van der Waals surface area contributed by atoms with Gasteiger partial charge in [0.25, 0.3) is 0 Å². The molecule has 2 atom stereocenters. The van der Waals surface area contributed by atoms with Gasteiger partial charge in [-0.3, -0.25) is 4.90 Å². The molecule has 1 aliphatic rings. The van der Waals surface area contributed by atoms with Crippen LogP contribution in [0.2, 0.25) is 5.02 Å². The number of likely N-dealkylation sites (N-methyl/N-ethyl adjacent to an activating group) is 1. The lowest BCUT2D eigenvalue weighted by Gasteiger charge is -2.35. The van der Waals surface area contributed by atoms with E-state index < -0.39 is 11.6 Å². The fourth-order valence-corrected chi connectivity index (χ4v) is 7.39. The highest BCUT2D eigenvalue weighted by molar-refractivity contribution is 6.37. The number of ether oxygens (including phenoxy) is 1. The number of anilines is 1. The summed E-state index contributed by atoms with van der Waals surface area (Å²) in [5.41, 5.74) is 0.713. The third kappa shape index (κ3) is 7.19. The molecule has 0 radical (unpaired) electrons. The lowest BCUT2D eigenvalue weighted by atomic mass is 9.90. The van der Waals surface area contributed by atoms with Crippen molar-refractivity contribution in [2.24, 2.45) is 5.92 Å². The molecule has 3 N–H and O–H groups in total. The lowest BCUT2D eigenvalue weighted by Crippen LogP contribution is -2.46. The van der Waals surface area contributed by atoms with Gasteiger partial charge in [-0.05, 0) is 87.0 Å². The third-order valence-corrected chi connectivity index (χ3v) is 10.2. The van der Waals surface area contributed by atoms with Gasteiger partial charge in [-0.15, -0.1) is 6.42 Å². The van der Waals surface area contributed by atoms with Crippen LogP contribution in [-0.2, 0) is 0 Å². The van der Waals surface area contributed by atoms with Crippen LogP contribution < -0.4 is 15.4 Å². The van der Waals surface area contributed by atoms with Crippen LogP contribution in [-0.4, -0.2) is 65.3 Å². The molecule has 1 aromatic heterocycles. The molecule has 4 aromatic rings. The number of rotatable bonds is 14. The minimum atomic E-state index is -0.782. The fourth-order valence-electron chi connectivity index (χ4n) is 6.95. The maximum absolute atomic E-state index is 17.2. The van der Waals surface area contributed by atoms with Crippen LogP contribution in [0, 0.1) is 29.9 Å². The average Bonchev–Trinajstić information content (AvgIpc) is 3.43. The number of hydrogen-bond donors (Lipinski definition) is 3. The maximum atomic E-state index is 17.2. The Bertz CT molecular complexity index is 1930. The summed E-state index contributed by atoms with van der Waals surface area (Å²) in [5, 5.41) is 18.6. The number of aromatic nitrogens is 2. The smallest absolute Gasteiger partial charge is 0.319 e.